The lowest BCUT2D eigenvalue weighted by molar-refractivity contribution is -0.162. The normalized spacial score (nSPS) is 42.8. The van der Waals surface area contributed by atoms with Crippen molar-refractivity contribution >= 4 is 17.8 Å². The van der Waals surface area contributed by atoms with Crippen molar-refractivity contribution in [3.05, 3.63) is 0 Å². The molecule has 2 amide bonds. The lowest BCUT2D eigenvalue weighted by atomic mass is 9.57. The van der Waals surface area contributed by atoms with E-state index < -0.39 is 22.7 Å². The molecule has 2 atom stereocenters. The topological polar surface area (TPSA) is 83.5 Å². The van der Waals surface area contributed by atoms with Gasteiger partial charge in [0.25, 0.3) is 0 Å². The smallest absolute Gasteiger partial charge is 0.306 e. The summed E-state index contributed by atoms with van der Waals surface area (Å²) in [7, 11) is 0. The van der Waals surface area contributed by atoms with E-state index >= 15 is 0 Å². The summed E-state index contributed by atoms with van der Waals surface area (Å²) in [6.45, 7) is 3.48. The van der Waals surface area contributed by atoms with Crippen LogP contribution in [0.4, 0.5) is 0 Å². The summed E-state index contributed by atoms with van der Waals surface area (Å²) in [5.41, 5.74) is -1.44. The Labute approximate surface area is 93.2 Å². The van der Waals surface area contributed by atoms with Gasteiger partial charge in [0.05, 0.1) is 5.92 Å². The zero-order valence-electron chi connectivity index (χ0n) is 9.37. The molecule has 5 nitrogen and oxygen atoms in total. The van der Waals surface area contributed by atoms with Crippen LogP contribution in [0.3, 0.4) is 0 Å². The van der Waals surface area contributed by atoms with Gasteiger partial charge in [-0.1, -0.05) is 13.8 Å². The van der Waals surface area contributed by atoms with E-state index in [1.807, 2.05) is 0 Å². The summed E-state index contributed by atoms with van der Waals surface area (Å²) in [5, 5.41) is 11.4. The Morgan fingerprint density at radius 2 is 1.69 bits per heavy atom. The lowest BCUT2D eigenvalue weighted by Crippen LogP contribution is -2.60. The number of carbonyl (C=O) groups is 3. The van der Waals surface area contributed by atoms with Crippen molar-refractivity contribution in [1.29, 1.82) is 0 Å². The molecular formula is C11H15NO4. The molecule has 5 heteroatoms. The first kappa shape index (κ1) is 11.1. The van der Waals surface area contributed by atoms with Gasteiger partial charge in [-0.05, 0) is 19.3 Å². The van der Waals surface area contributed by atoms with Crippen molar-refractivity contribution in [2.24, 2.45) is 16.7 Å². The molecule has 2 aliphatic rings. The molecule has 2 rings (SSSR count). The van der Waals surface area contributed by atoms with Gasteiger partial charge in [-0.3, -0.25) is 19.7 Å². The number of hydrogen-bond donors (Lipinski definition) is 2. The Bertz CT molecular complexity index is 363. The van der Waals surface area contributed by atoms with Crippen LogP contribution in [0.5, 0.6) is 0 Å². The average Bonchev–Trinajstić information content (AvgIpc) is 2.14. The quantitative estimate of drug-likeness (QED) is 0.638. The van der Waals surface area contributed by atoms with Gasteiger partial charge in [0, 0.05) is 10.8 Å². The molecule has 0 aromatic heterocycles. The van der Waals surface area contributed by atoms with Crippen molar-refractivity contribution in [3.8, 4) is 0 Å². The largest absolute Gasteiger partial charge is 0.481 e. The van der Waals surface area contributed by atoms with Crippen LogP contribution in [0.15, 0.2) is 0 Å². The highest BCUT2D eigenvalue weighted by molar-refractivity contribution is 6.04. The maximum atomic E-state index is 11.7. The molecule has 1 saturated heterocycles. The molecule has 1 aliphatic heterocycles. The Morgan fingerprint density at radius 3 is 2.06 bits per heavy atom. The molecular weight excluding hydrogens is 210 g/mol. The molecule has 0 radical (unpaired) electrons. The second kappa shape index (κ2) is 3.06. The molecule has 2 unspecified atom stereocenters. The van der Waals surface area contributed by atoms with Gasteiger partial charge >= 0.3 is 5.97 Å². The van der Waals surface area contributed by atoms with Crippen LogP contribution in [-0.4, -0.2) is 22.9 Å². The minimum Gasteiger partial charge on any atom is -0.481 e. The fourth-order valence-electron chi connectivity index (χ4n) is 3.09. The first-order valence-electron chi connectivity index (χ1n) is 5.36. The minimum atomic E-state index is -0.917. The summed E-state index contributed by atoms with van der Waals surface area (Å²) in [5.74, 6) is -2.18. The third-order valence-corrected chi connectivity index (χ3v) is 3.85. The number of amides is 2. The van der Waals surface area contributed by atoms with Crippen LogP contribution in [0.2, 0.25) is 0 Å². The molecule has 1 saturated carbocycles. The van der Waals surface area contributed by atoms with Gasteiger partial charge in [-0.25, -0.2) is 0 Å². The van der Waals surface area contributed by atoms with Crippen molar-refractivity contribution < 1.29 is 19.5 Å². The summed E-state index contributed by atoms with van der Waals surface area (Å²) in [4.78, 5) is 34.5. The third kappa shape index (κ3) is 1.42. The number of rotatable bonds is 1. The highest BCUT2D eigenvalue weighted by Gasteiger charge is 2.56. The van der Waals surface area contributed by atoms with E-state index in [2.05, 4.69) is 5.32 Å². The summed E-state index contributed by atoms with van der Waals surface area (Å²) in [6, 6.07) is 0. The van der Waals surface area contributed by atoms with Crippen molar-refractivity contribution in [3.63, 3.8) is 0 Å². The zero-order chi connectivity index (χ0) is 12.1. The molecule has 2 fully saturated rings. The van der Waals surface area contributed by atoms with Gasteiger partial charge < -0.3 is 5.11 Å². The SMILES string of the molecule is CC12CC(C(=O)O)CC(C)(C1)C(=O)NC2=O. The molecule has 0 spiro atoms. The average molecular weight is 225 g/mol. The number of carboxylic acid groups (broad SMARTS) is 1. The second-order valence-electron chi connectivity index (χ2n) is 5.52. The number of carbonyl (C=O) groups excluding carboxylic acids is 2. The number of fused-ring (bicyclic) bond motifs is 2. The highest BCUT2D eigenvalue weighted by Crippen LogP contribution is 2.51. The molecule has 2 bridgehead atoms. The molecule has 1 heterocycles. The summed E-state index contributed by atoms with van der Waals surface area (Å²) >= 11 is 0. The number of piperidine rings is 1. The van der Waals surface area contributed by atoms with Crippen LogP contribution in [0, 0.1) is 16.7 Å². The standard InChI is InChI=1S/C11H15NO4/c1-10-3-6(7(13)14)4-11(2,5-10)9(16)12-8(10)15/h6H,3-5H2,1-2H3,(H,13,14)(H,12,15,16). The van der Waals surface area contributed by atoms with Gasteiger partial charge in [-0.15, -0.1) is 0 Å². The van der Waals surface area contributed by atoms with Gasteiger partial charge in [0.15, 0.2) is 0 Å². The summed E-state index contributed by atoms with van der Waals surface area (Å²) < 4.78 is 0. The van der Waals surface area contributed by atoms with E-state index in [-0.39, 0.29) is 11.8 Å². The van der Waals surface area contributed by atoms with E-state index in [1.165, 1.54) is 0 Å². The number of imide groups is 1. The van der Waals surface area contributed by atoms with Crippen LogP contribution in [0.1, 0.15) is 33.1 Å². The third-order valence-electron chi connectivity index (χ3n) is 3.85. The number of hydrogen-bond acceptors (Lipinski definition) is 3. The predicted molar refractivity (Wildman–Crippen MR) is 54.3 cm³/mol. The van der Waals surface area contributed by atoms with Crippen LogP contribution >= 0.6 is 0 Å². The molecule has 2 N–H and O–H groups in total. The number of nitrogens with one attached hydrogen (secondary N) is 1. The molecule has 1 aliphatic carbocycles. The van der Waals surface area contributed by atoms with E-state index in [0.29, 0.717) is 19.3 Å². The van der Waals surface area contributed by atoms with Crippen molar-refractivity contribution in [2.75, 3.05) is 0 Å². The van der Waals surface area contributed by atoms with E-state index in [1.54, 1.807) is 13.8 Å². The lowest BCUT2D eigenvalue weighted by Gasteiger charge is -2.48. The van der Waals surface area contributed by atoms with Crippen molar-refractivity contribution in [2.45, 2.75) is 33.1 Å². The molecule has 88 valence electrons. The van der Waals surface area contributed by atoms with E-state index in [0.717, 1.165) is 0 Å². The Hall–Kier alpha value is -1.39. The fourth-order valence-corrected chi connectivity index (χ4v) is 3.09. The number of carboxylic acids is 1. The molecule has 0 aromatic rings. The Morgan fingerprint density at radius 1 is 1.25 bits per heavy atom. The van der Waals surface area contributed by atoms with E-state index in [4.69, 9.17) is 5.11 Å². The Balaban J connectivity index is 2.39. The number of aliphatic carboxylic acids is 1. The second-order valence-corrected chi connectivity index (χ2v) is 5.52. The Kier molecular flexibility index (Phi) is 2.12. The van der Waals surface area contributed by atoms with Crippen LogP contribution < -0.4 is 5.32 Å². The predicted octanol–water partition coefficient (Wildman–Crippen LogP) is 0.540. The van der Waals surface area contributed by atoms with E-state index in [9.17, 15) is 14.4 Å². The summed E-state index contributed by atoms with van der Waals surface area (Å²) in [6.07, 6.45) is 1.09. The minimum absolute atomic E-state index is 0.317. The maximum absolute atomic E-state index is 11.7. The monoisotopic (exact) mass is 225 g/mol. The fraction of sp³-hybridized carbons (Fsp3) is 0.727. The van der Waals surface area contributed by atoms with Gasteiger partial charge in [-0.2, -0.15) is 0 Å². The first-order chi connectivity index (χ1) is 7.27. The van der Waals surface area contributed by atoms with Gasteiger partial charge in [0.2, 0.25) is 11.8 Å². The van der Waals surface area contributed by atoms with Crippen LogP contribution in [-0.2, 0) is 14.4 Å². The zero-order valence-corrected chi connectivity index (χ0v) is 9.37. The first-order valence-corrected chi connectivity index (χ1v) is 5.36. The molecule has 0 aromatic carbocycles. The van der Waals surface area contributed by atoms with Crippen LogP contribution in [0.25, 0.3) is 0 Å². The maximum Gasteiger partial charge on any atom is 0.306 e. The molecule has 16 heavy (non-hydrogen) atoms. The highest BCUT2D eigenvalue weighted by atomic mass is 16.4. The van der Waals surface area contributed by atoms with Gasteiger partial charge in [0.1, 0.15) is 0 Å². The van der Waals surface area contributed by atoms with Crippen molar-refractivity contribution in [1.82, 2.24) is 5.32 Å².